The lowest BCUT2D eigenvalue weighted by atomic mass is 9.73. The highest BCUT2D eigenvalue weighted by atomic mass is 16.6. The SMILES string of the molecule is CC1(NC(=O)OC(C)(C)C)CC(N2CCN(C(=O)OCc3ccccc3)CC2)C1. The van der Waals surface area contributed by atoms with Crippen LogP contribution in [0, 0.1) is 0 Å². The van der Waals surface area contributed by atoms with Crippen molar-refractivity contribution in [1.29, 1.82) is 0 Å². The fourth-order valence-corrected chi connectivity index (χ4v) is 3.97. The summed E-state index contributed by atoms with van der Waals surface area (Å²) < 4.78 is 10.8. The molecule has 1 aromatic carbocycles. The van der Waals surface area contributed by atoms with Crippen LogP contribution in [-0.2, 0) is 16.1 Å². The fourth-order valence-electron chi connectivity index (χ4n) is 3.97. The Morgan fingerprint density at radius 3 is 2.31 bits per heavy atom. The topological polar surface area (TPSA) is 71.1 Å². The van der Waals surface area contributed by atoms with Crippen molar-refractivity contribution in [3.63, 3.8) is 0 Å². The Balaban J connectivity index is 1.37. The first kappa shape index (κ1) is 21.4. The maximum Gasteiger partial charge on any atom is 0.410 e. The molecule has 2 aliphatic rings. The zero-order valence-electron chi connectivity index (χ0n) is 17.9. The predicted molar refractivity (Wildman–Crippen MR) is 111 cm³/mol. The highest BCUT2D eigenvalue weighted by Gasteiger charge is 2.45. The number of nitrogens with one attached hydrogen (secondary N) is 1. The molecule has 2 fully saturated rings. The second kappa shape index (κ2) is 8.61. The maximum atomic E-state index is 12.3. The van der Waals surface area contributed by atoms with E-state index in [9.17, 15) is 9.59 Å². The molecule has 0 atom stereocenters. The lowest BCUT2D eigenvalue weighted by molar-refractivity contribution is -0.00136. The van der Waals surface area contributed by atoms with E-state index in [-0.39, 0.29) is 17.7 Å². The van der Waals surface area contributed by atoms with Crippen LogP contribution in [0.2, 0.25) is 0 Å². The zero-order valence-corrected chi connectivity index (χ0v) is 17.9. The summed E-state index contributed by atoms with van der Waals surface area (Å²) in [6, 6.07) is 10.1. The second-order valence-electron chi connectivity index (χ2n) is 9.31. The molecule has 0 bridgehead atoms. The third-order valence-corrected chi connectivity index (χ3v) is 5.47. The van der Waals surface area contributed by atoms with Crippen molar-refractivity contribution in [2.24, 2.45) is 0 Å². The Labute approximate surface area is 173 Å². The number of hydrogen-bond donors (Lipinski definition) is 1. The van der Waals surface area contributed by atoms with E-state index >= 15 is 0 Å². The van der Waals surface area contributed by atoms with Crippen LogP contribution in [0.4, 0.5) is 9.59 Å². The van der Waals surface area contributed by atoms with Gasteiger partial charge in [-0.1, -0.05) is 30.3 Å². The van der Waals surface area contributed by atoms with Crippen LogP contribution < -0.4 is 5.32 Å². The molecule has 1 aliphatic carbocycles. The standard InChI is InChI=1S/C22H33N3O4/c1-21(2,3)29-19(26)23-22(4)14-18(15-22)24-10-12-25(13-11-24)20(27)28-16-17-8-6-5-7-9-17/h5-9,18H,10-16H2,1-4H3,(H,23,26). The number of piperazine rings is 1. The number of nitrogens with zero attached hydrogens (tertiary/aromatic N) is 2. The minimum absolute atomic E-state index is 0.223. The van der Waals surface area contributed by atoms with Crippen LogP contribution in [0.5, 0.6) is 0 Å². The summed E-state index contributed by atoms with van der Waals surface area (Å²) in [6.07, 6.45) is 1.18. The third kappa shape index (κ3) is 6.10. The molecule has 1 N–H and O–H groups in total. The van der Waals surface area contributed by atoms with E-state index in [1.54, 1.807) is 4.90 Å². The molecular formula is C22H33N3O4. The Morgan fingerprint density at radius 2 is 1.72 bits per heavy atom. The number of alkyl carbamates (subject to hydrolysis) is 1. The molecule has 7 nitrogen and oxygen atoms in total. The lowest BCUT2D eigenvalue weighted by Gasteiger charge is -2.51. The van der Waals surface area contributed by atoms with Gasteiger partial charge in [-0.25, -0.2) is 9.59 Å². The first-order chi connectivity index (χ1) is 13.6. The van der Waals surface area contributed by atoms with Gasteiger partial charge in [-0.3, -0.25) is 4.90 Å². The van der Waals surface area contributed by atoms with Gasteiger partial charge in [-0.05, 0) is 46.1 Å². The minimum Gasteiger partial charge on any atom is -0.445 e. The van der Waals surface area contributed by atoms with Gasteiger partial charge in [0.15, 0.2) is 0 Å². The molecule has 3 rings (SSSR count). The monoisotopic (exact) mass is 403 g/mol. The van der Waals surface area contributed by atoms with Crippen molar-refractivity contribution in [3.8, 4) is 0 Å². The normalized spacial score (nSPS) is 25.1. The Bertz CT molecular complexity index is 703. The molecule has 1 heterocycles. The number of carbonyl (C=O) groups excluding carboxylic acids is 2. The summed E-state index contributed by atoms with van der Waals surface area (Å²) in [7, 11) is 0. The van der Waals surface area contributed by atoms with Crippen molar-refractivity contribution >= 4 is 12.2 Å². The predicted octanol–water partition coefficient (Wildman–Crippen LogP) is 3.39. The van der Waals surface area contributed by atoms with Crippen molar-refractivity contribution in [2.75, 3.05) is 26.2 Å². The fraction of sp³-hybridized carbons (Fsp3) is 0.636. The van der Waals surface area contributed by atoms with Gasteiger partial charge in [0.25, 0.3) is 0 Å². The van der Waals surface area contributed by atoms with E-state index in [0.717, 1.165) is 31.5 Å². The minimum atomic E-state index is -0.491. The first-order valence-corrected chi connectivity index (χ1v) is 10.3. The van der Waals surface area contributed by atoms with Crippen molar-refractivity contribution < 1.29 is 19.1 Å². The summed E-state index contributed by atoms with van der Waals surface area (Å²) in [4.78, 5) is 28.5. The molecule has 0 radical (unpaired) electrons. The van der Waals surface area contributed by atoms with Crippen LogP contribution in [0.15, 0.2) is 30.3 Å². The molecule has 0 spiro atoms. The number of rotatable bonds is 4. The van der Waals surface area contributed by atoms with Gasteiger partial charge in [0.1, 0.15) is 12.2 Å². The molecule has 1 saturated heterocycles. The molecule has 0 aromatic heterocycles. The number of hydrogen-bond acceptors (Lipinski definition) is 5. The van der Waals surface area contributed by atoms with E-state index in [0.29, 0.717) is 25.7 Å². The molecule has 1 aromatic rings. The van der Waals surface area contributed by atoms with E-state index in [2.05, 4.69) is 17.1 Å². The average molecular weight is 404 g/mol. The summed E-state index contributed by atoms with van der Waals surface area (Å²) in [5.74, 6) is 0. The zero-order chi connectivity index (χ0) is 21.1. The number of amides is 2. The van der Waals surface area contributed by atoms with Crippen molar-refractivity contribution in [1.82, 2.24) is 15.1 Å². The van der Waals surface area contributed by atoms with Gasteiger partial charge in [-0.2, -0.15) is 0 Å². The Kier molecular flexibility index (Phi) is 6.36. The second-order valence-corrected chi connectivity index (χ2v) is 9.31. The van der Waals surface area contributed by atoms with E-state index in [1.165, 1.54) is 0 Å². The summed E-state index contributed by atoms with van der Waals surface area (Å²) in [6.45, 7) is 10.9. The highest BCUT2D eigenvalue weighted by Crippen LogP contribution is 2.36. The molecule has 0 unspecified atom stereocenters. The van der Waals surface area contributed by atoms with Crippen molar-refractivity contribution in [2.45, 2.75) is 64.3 Å². The lowest BCUT2D eigenvalue weighted by Crippen LogP contribution is -2.64. The summed E-state index contributed by atoms with van der Waals surface area (Å²) in [5.41, 5.74) is 0.277. The van der Waals surface area contributed by atoms with Gasteiger partial charge >= 0.3 is 12.2 Å². The number of ether oxygens (including phenoxy) is 2. The van der Waals surface area contributed by atoms with Crippen LogP contribution in [0.3, 0.4) is 0 Å². The molecule has 1 aliphatic heterocycles. The molecule has 7 heteroatoms. The molecule has 2 amide bonds. The van der Waals surface area contributed by atoms with Gasteiger partial charge < -0.3 is 19.7 Å². The Morgan fingerprint density at radius 1 is 1.10 bits per heavy atom. The molecular weight excluding hydrogens is 370 g/mol. The van der Waals surface area contributed by atoms with Crippen LogP contribution in [-0.4, -0.2) is 65.3 Å². The van der Waals surface area contributed by atoms with Gasteiger partial charge in [0, 0.05) is 37.8 Å². The average Bonchev–Trinajstić information content (AvgIpc) is 2.63. The largest absolute Gasteiger partial charge is 0.445 e. The van der Waals surface area contributed by atoms with Gasteiger partial charge in [-0.15, -0.1) is 0 Å². The van der Waals surface area contributed by atoms with Crippen LogP contribution >= 0.6 is 0 Å². The van der Waals surface area contributed by atoms with E-state index < -0.39 is 5.60 Å². The highest BCUT2D eigenvalue weighted by molar-refractivity contribution is 5.69. The Hall–Kier alpha value is -2.28. The van der Waals surface area contributed by atoms with Gasteiger partial charge in [0.05, 0.1) is 0 Å². The molecule has 29 heavy (non-hydrogen) atoms. The quantitative estimate of drug-likeness (QED) is 0.834. The van der Waals surface area contributed by atoms with Gasteiger partial charge in [0.2, 0.25) is 0 Å². The van der Waals surface area contributed by atoms with E-state index in [4.69, 9.17) is 9.47 Å². The number of carbonyl (C=O) groups is 2. The molecule has 1 saturated carbocycles. The summed E-state index contributed by atoms with van der Waals surface area (Å²) >= 11 is 0. The van der Waals surface area contributed by atoms with Crippen molar-refractivity contribution in [3.05, 3.63) is 35.9 Å². The number of benzene rings is 1. The summed E-state index contributed by atoms with van der Waals surface area (Å²) in [5, 5.41) is 3.01. The van der Waals surface area contributed by atoms with Crippen LogP contribution in [0.25, 0.3) is 0 Å². The van der Waals surface area contributed by atoms with E-state index in [1.807, 2.05) is 51.1 Å². The van der Waals surface area contributed by atoms with Crippen LogP contribution in [0.1, 0.15) is 46.1 Å². The third-order valence-electron chi connectivity index (χ3n) is 5.47. The smallest absolute Gasteiger partial charge is 0.410 e. The molecule has 160 valence electrons. The maximum absolute atomic E-state index is 12.3. The first-order valence-electron chi connectivity index (χ1n) is 10.3.